The van der Waals surface area contributed by atoms with E-state index in [1.54, 1.807) is 18.3 Å². The number of nitrogens with one attached hydrogen (secondary N) is 1. The quantitative estimate of drug-likeness (QED) is 0.942. The van der Waals surface area contributed by atoms with Gasteiger partial charge in [0.25, 0.3) is 0 Å². The number of morpholine rings is 1. The lowest BCUT2D eigenvalue weighted by Crippen LogP contribution is -2.43. The molecule has 4 nitrogen and oxygen atoms in total. The number of benzene rings is 1. The van der Waals surface area contributed by atoms with Crippen LogP contribution in [0.3, 0.4) is 0 Å². The van der Waals surface area contributed by atoms with Gasteiger partial charge in [0, 0.05) is 25.4 Å². The molecule has 1 fully saturated rings. The predicted molar refractivity (Wildman–Crippen MR) is 76.6 cm³/mol. The van der Waals surface area contributed by atoms with Crippen LogP contribution in [0.1, 0.15) is 11.8 Å². The molecule has 1 aliphatic rings. The number of rotatable bonds is 4. The fraction of sp³-hybridized carbons (Fsp3) is 0.312. The summed E-state index contributed by atoms with van der Waals surface area (Å²) in [6, 6.07) is 8.65. The van der Waals surface area contributed by atoms with Crippen LogP contribution in [0.2, 0.25) is 0 Å². The monoisotopic (exact) mass is 306 g/mol. The predicted octanol–water partition coefficient (Wildman–Crippen LogP) is 2.47. The topological polar surface area (TPSA) is 43.4 Å². The summed E-state index contributed by atoms with van der Waals surface area (Å²) in [7, 11) is 0. The van der Waals surface area contributed by atoms with Gasteiger partial charge >= 0.3 is 0 Å². The molecule has 3 rings (SSSR count). The molecular formula is C16H16F2N2O2. The second-order valence-electron chi connectivity index (χ2n) is 4.98. The number of hydrogen-bond donors (Lipinski definition) is 1. The Balaban J connectivity index is 1.87. The van der Waals surface area contributed by atoms with Gasteiger partial charge in [-0.25, -0.2) is 8.78 Å². The average molecular weight is 306 g/mol. The average Bonchev–Trinajstić information content (AvgIpc) is 2.56. The van der Waals surface area contributed by atoms with Crippen LogP contribution >= 0.6 is 0 Å². The number of nitrogens with zero attached hydrogens (tertiary/aromatic N) is 1. The molecule has 0 aliphatic carbocycles. The van der Waals surface area contributed by atoms with E-state index in [2.05, 4.69) is 10.3 Å². The first-order valence-electron chi connectivity index (χ1n) is 7.09. The third-order valence-corrected chi connectivity index (χ3v) is 3.42. The van der Waals surface area contributed by atoms with Gasteiger partial charge in [0.2, 0.25) is 0 Å². The molecule has 1 aliphatic heterocycles. The van der Waals surface area contributed by atoms with Crippen LogP contribution in [0.15, 0.2) is 42.6 Å². The maximum absolute atomic E-state index is 13.9. The van der Waals surface area contributed by atoms with Crippen LogP contribution in [0.4, 0.5) is 8.78 Å². The Labute approximate surface area is 127 Å². The summed E-state index contributed by atoms with van der Waals surface area (Å²) >= 11 is 0. The van der Waals surface area contributed by atoms with Crippen LogP contribution in [-0.4, -0.2) is 30.8 Å². The fourth-order valence-electron chi connectivity index (χ4n) is 2.36. The van der Waals surface area contributed by atoms with Gasteiger partial charge in [0.05, 0.1) is 12.3 Å². The molecular weight excluding hydrogens is 290 g/mol. The van der Waals surface area contributed by atoms with Crippen molar-refractivity contribution in [3.05, 3.63) is 59.9 Å². The van der Waals surface area contributed by atoms with E-state index in [0.29, 0.717) is 18.8 Å². The van der Waals surface area contributed by atoms with Crippen molar-refractivity contribution in [1.29, 1.82) is 0 Å². The molecule has 6 heteroatoms. The number of halogens is 2. The molecule has 1 N–H and O–H groups in total. The van der Waals surface area contributed by atoms with E-state index in [1.807, 2.05) is 6.07 Å². The summed E-state index contributed by atoms with van der Waals surface area (Å²) in [5, 5.41) is 3.21. The molecule has 2 unspecified atom stereocenters. The maximum atomic E-state index is 13.9. The third kappa shape index (κ3) is 3.40. The van der Waals surface area contributed by atoms with E-state index in [9.17, 15) is 8.78 Å². The van der Waals surface area contributed by atoms with Crippen LogP contribution in [0.5, 0.6) is 5.75 Å². The van der Waals surface area contributed by atoms with Gasteiger partial charge in [0.15, 0.2) is 17.7 Å². The van der Waals surface area contributed by atoms with E-state index in [4.69, 9.17) is 9.47 Å². The van der Waals surface area contributed by atoms with Crippen LogP contribution in [0, 0.1) is 11.6 Å². The Morgan fingerprint density at radius 1 is 1.27 bits per heavy atom. The van der Waals surface area contributed by atoms with E-state index >= 15 is 0 Å². The van der Waals surface area contributed by atoms with E-state index in [1.165, 1.54) is 6.07 Å². The first kappa shape index (κ1) is 14.9. The zero-order chi connectivity index (χ0) is 15.4. The lowest BCUT2D eigenvalue weighted by atomic mass is 10.1. The van der Waals surface area contributed by atoms with Crippen molar-refractivity contribution in [2.45, 2.75) is 12.2 Å². The highest BCUT2D eigenvalue weighted by molar-refractivity contribution is 5.26. The van der Waals surface area contributed by atoms with Gasteiger partial charge in [-0.3, -0.25) is 4.98 Å². The van der Waals surface area contributed by atoms with Crippen molar-refractivity contribution in [1.82, 2.24) is 10.3 Å². The molecule has 1 aromatic carbocycles. The Hall–Kier alpha value is -2.05. The van der Waals surface area contributed by atoms with Crippen molar-refractivity contribution in [2.75, 3.05) is 19.7 Å². The zero-order valence-electron chi connectivity index (χ0n) is 11.8. The second-order valence-corrected chi connectivity index (χ2v) is 4.98. The Bertz CT molecular complexity index is 619. The van der Waals surface area contributed by atoms with Gasteiger partial charge in [-0.15, -0.1) is 0 Å². The Morgan fingerprint density at radius 2 is 2.18 bits per heavy atom. The van der Waals surface area contributed by atoms with E-state index < -0.39 is 17.7 Å². The van der Waals surface area contributed by atoms with Crippen molar-refractivity contribution >= 4 is 0 Å². The molecule has 0 amide bonds. The SMILES string of the molecule is Fc1ccc(OC(c2ccccn2)C2CNCCO2)c(F)c1. The number of pyridine rings is 1. The maximum Gasteiger partial charge on any atom is 0.168 e. The highest BCUT2D eigenvalue weighted by Gasteiger charge is 2.29. The summed E-state index contributed by atoms with van der Waals surface area (Å²) in [4.78, 5) is 4.27. The minimum Gasteiger partial charge on any atom is -0.478 e. The summed E-state index contributed by atoms with van der Waals surface area (Å²) in [6.45, 7) is 1.88. The molecule has 0 bridgehead atoms. The second kappa shape index (κ2) is 6.81. The summed E-state index contributed by atoms with van der Waals surface area (Å²) in [6.07, 6.45) is 0.769. The van der Waals surface area contributed by atoms with Gasteiger partial charge in [-0.05, 0) is 24.3 Å². The molecule has 0 saturated carbocycles. The van der Waals surface area contributed by atoms with E-state index in [-0.39, 0.29) is 11.9 Å². The molecule has 2 heterocycles. The zero-order valence-corrected chi connectivity index (χ0v) is 11.8. The minimum atomic E-state index is -0.746. The fourth-order valence-corrected chi connectivity index (χ4v) is 2.36. The Kier molecular flexibility index (Phi) is 4.60. The smallest absolute Gasteiger partial charge is 0.168 e. The van der Waals surface area contributed by atoms with Crippen LogP contribution in [0.25, 0.3) is 0 Å². The molecule has 2 aromatic rings. The van der Waals surface area contributed by atoms with Gasteiger partial charge < -0.3 is 14.8 Å². The lowest BCUT2D eigenvalue weighted by molar-refractivity contribution is -0.0457. The number of hydrogen-bond acceptors (Lipinski definition) is 4. The van der Waals surface area contributed by atoms with Crippen molar-refractivity contribution < 1.29 is 18.3 Å². The third-order valence-electron chi connectivity index (χ3n) is 3.42. The molecule has 1 saturated heterocycles. The molecule has 2 atom stereocenters. The number of aromatic nitrogens is 1. The lowest BCUT2D eigenvalue weighted by Gasteiger charge is -2.31. The van der Waals surface area contributed by atoms with Gasteiger partial charge in [0.1, 0.15) is 11.9 Å². The van der Waals surface area contributed by atoms with E-state index in [0.717, 1.165) is 18.7 Å². The van der Waals surface area contributed by atoms with Crippen LogP contribution in [-0.2, 0) is 4.74 Å². The molecule has 1 aromatic heterocycles. The molecule has 22 heavy (non-hydrogen) atoms. The summed E-state index contributed by atoms with van der Waals surface area (Å²) < 4.78 is 38.3. The normalized spacial score (nSPS) is 19.6. The summed E-state index contributed by atoms with van der Waals surface area (Å²) in [5.74, 6) is -1.41. The highest BCUT2D eigenvalue weighted by atomic mass is 19.1. The van der Waals surface area contributed by atoms with Crippen molar-refractivity contribution in [3.8, 4) is 5.75 Å². The molecule has 0 radical (unpaired) electrons. The van der Waals surface area contributed by atoms with Crippen molar-refractivity contribution in [3.63, 3.8) is 0 Å². The first-order valence-corrected chi connectivity index (χ1v) is 7.09. The standard InChI is InChI=1S/C16H16F2N2O2/c17-11-4-5-14(12(18)9-11)22-16(13-3-1-2-6-20-13)15-10-19-7-8-21-15/h1-6,9,15-16,19H,7-8,10H2. The van der Waals surface area contributed by atoms with Gasteiger partial charge in [-0.2, -0.15) is 0 Å². The Morgan fingerprint density at radius 3 is 2.86 bits per heavy atom. The summed E-state index contributed by atoms with van der Waals surface area (Å²) in [5.41, 5.74) is 0.639. The van der Waals surface area contributed by atoms with Gasteiger partial charge in [-0.1, -0.05) is 6.07 Å². The van der Waals surface area contributed by atoms with Crippen LogP contribution < -0.4 is 10.1 Å². The molecule has 0 spiro atoms. The van der Waals surface area contributed by atoms with Crippen molar-refractivity contribution in [2.24, 2.45) is 0 Å². The largest absolute Gasteiger partial charge is 0.478 e. The molecule has 116 valence electrons. The highest BCUT2D eigenvalue weighted by Crippen LogP contribution is 2.28. The number of ether oxygens (including phenoxy) is 2. The first-order chi connectivity index (χ1) is 10.7. The minimum absolute atomic E-state index is 0.0220.